The SMILES string of the molecule is COCCN(CCOC)C1(CN)CCS(=O)(=O)C1. The van der Waals surface area contributed by atoms with E-state index in [1.165, 1.54) is 0 Å². The number of rotatable bonds is 8. The van der Waals surface area contributed by atoms with Gasteiger partial charge in [-0.2, -0.15) is 0 Å². The molecule has 1 rings (SSSR count). The molecule has 7 heteroatoms. The van der Waals surface area contributed by atoms with Crippen molar-refractivity contribution in [2.75, 3.05) is 58.6 Å². The van der Waals surface area contributed by atoms with Crippen molar-refractivity contribution >= 4 is 9.84 Å². The highest BCUT2D eigenvalue weighted by molar-refractivity contribution is 7.91. The van der Waals surface area contributed by atoms with E-state index in [-0.39, 0.29) is 11.5 Å². The number of ether oxygens (including phenoxy) is 2. The largest absolute Gasteiger partial charge is 0.383 e. The smallest absolute Gasteiger partial charge is 0.152 e. The van der Waals surface area contributed by atoms with Gasteiger partial charge in [0.2, 0.25) is 0 Å². The van der Waals surface area contributed by atoms with Crippen molar-refractivity contribution in [1.29, 1.82) is 0 Å². The van der Waals surface area contributed by atoms with Crippen LogP contribution in [0.4, 0.5) is 0 Å². The lowest BCUT2D eigenvalue weighted by atomic mass is 9.96. The third-order valence-electron chi connectivity index (χ3n) is 3.55. The minimum Gasteiger partial charge on any atom is -0.383 e. The van der Waals surface area contributed by atoms with Crippen molar-refractivity contribution < 1.29 is 17.9 Å². The Morgan fingerprint density at radius 2 is 1.78 bits per heavy atom. The van der Waals surface area contributed by atoms with Gasteiger partial charge in [0, 0.05) is 39.4 Å². The van der Waals surface area contributed by atoms with Crippen LogP contribution in [0.25, 0.3) is 0 Å². The molecule has 0 spiro atoms. The van der Waals surface area contributed by atoms with Gasteiger partial charge in [-0.3, -0.25) is 4.90 Å². The van der Waals surface area contributed by atoms with Gasteiger partial charge < -0.3 is 15.2 Å². The van der Waals surface area contributed by atoms with Crippen LogP contribution < -0.4 is 5.73 Å². The Morgan fingerprint density at radius 3 is 2.11 bits per heavy atom. The summed E-state index contributed by atoms with van der Waals surface area (Å²) in [6.07, 6.45) is 0.596. The molecular formula is C11H24N2O4S. The van der Waals surface area contributed by atoms with Crippen LogP contribution in [0.15, 0.2) is 0 Å². The van der Waals surface area contributed by atoms with Crippen LogP contribution in [0, 0.1) is 0 Å². The second-order valence-electron chi connectivity index (χ2n) is 4.74. The van der Waals surface area contributed by atoms with E-state index >= 15 is 0 Å². The molecule has 0 aromatic heterocycles. The van der Waals surface area contributed by atoms with Crippen LogP contribution >= 0.6 is 0 Å². The standard InChI is InChI=1S/C11H24N2O4S/c1-16-6-4-13(5-7-17-2)11(9-12)3-8-18(14,15)10-11/h3-10,12H2,1-2H3. The van der Waals surface area contributed by atoms with Crippen molar-refractivity contribution in [3.63, 3.8) is 0 Å². The summed E-state index contributed by atoms with van der Waals surface area (Å²) >= 11 is 0. The van der Waals surface area contributed by atoms with Crippen LogP contribution in [0.2, 0.25) is 0 Å². The van der Waals surface area contributed by atoms with E-state index in [1.54, 1.807) is 14.2 Å². The van der Waals surface area contributed by atoms with Gasteiger partial charge >= 0.3 is 0 Å². The van der Waals surface area contributed by atoms with Gasteiger partial charge in [-0.05, 0) is 6.42 Å². The van der Waals surface area contributed by atoms with Crippen molar-refractivity contribution in [1.82, 2.24) is 4.90 Å². The summed E-state index contributed by atoms with van der Waals surface area (Å²) in [5.41, 5.74) is 5.40. The number of hydrogen-bond donors (Lipinski definition) is 1. The second kappa shape index (κ2) is 6.81. The molecule has 0 radical (unpaired) electrons. The molecular weight excluding hydrogens is 256 g/mol. The first-order valence-corrected chi connectivity index (χ1v) is 7.95. The van der Waals surface area contributed by atoms with E-state index in [1.807, 2.05) is 0 Å². The Hall–Kier alpha value is -0.210. The van der Waals surface area contributed by atoms with Gasteiger partial charge in [0.25, 0.3) is 0 Å². The van der Waals surface area contributed by atoms with Crippen LogP contribution in [0.3, 0.4) is 0 Å². The van der Waals surface area contributed by atoms with Gasteiger partial charge in [-0.15, -0.1) is 0 Å². The van der Waals surface area contributed by atoms with Crippen molar-refractivity contribution in [2.24, 2.45) is 5.73 Å². The van der Waals surface area contributed by atoms with Gasteiger partial charge in [0.15, 0.2) is 9.84 Å². The normalized spacial score (nSPS) is 26.9. The predicted molar refractivity (Wildman–Crippen MR) is 70.4 cm³/mol. The van der Waals surface area contributed by atoms with E-state index in [2.05, 4.69) is 4.90 Å². The number of nitrogens with zero attached hydrogens (tertiary/aromatic N) is 1. The number of hydrogen-bond acceptors (Lipinski definition) is 6. The summed E-state index contributed by atoms with van der Waals surface area (Å²) < 4.78 is 33.6. The third-order valence-corrected chi connectivity index (χ3v) is 5.35. The molecule has 0 saturated carbocycles. The van der Waals surface area contributed by atoms with Crippen molar-refractivity contribution in [3.8, 4) is 0 Å². The topological polar surface area (TPSA) is 81.9 Å². The highest BCUT2D eigenvalue weighted by atomic mass is 32.2. The fraction of sp³-hybridized carbons (Fsp3) is 1.00. The van der Waals surface area contributed by atoms with E-state index in [0.29, 0.717) is 39.3 Å². The van der Waals surface area contributed by atoms with Crippen molar-refractivity contribution in [2.45, 2.75) is 12.0 Å². The maximum Gasteiger partial charge on any atom is 0.152 e. The minimum atomic E-state index is -2.96. The fourth-order valence-corrected chi connectivity index (χ4v) is 4.53. The average Bonchev–Trinajstić information content (AvgIpc) is 2.66. The lowest BCUT2D eigenvalue weighted by Gasteiger charge is -2.39. The van der Waals surface area contributed by atoms with Crippen LogP contribution in [0.5, 0.6) is 0 Å². The van der Waals surface area contributed by atoms with E-state index in [9.17, 15) is 8.42 Å². The summed E-state index contributed by atoms with van der Waals surface area (Å²) in [6, 6.07) is 0. The van der Waals surface area contributed by atoms with Gasteiger partial charge in [0.05, 0.1) is 24.7 Å². The zero-order valence-electron chi connectivity index (χ0n) is 11.2. The number of methoxy groups -OCH3 is 2. The summed E-state index contributed by atoms with van der Waals surface area (Å²) in [4.78, 5) is 2.10. The highest BCUT2D eigenvalue weighted by Crippen LogP contribution is 2.28. The van der Waals surface area contributed by atoms with E-state index in [4.69, 9.17) is 15.2 Å². The summed E-state index contributed by atoms with van der Waals surface area (Å²) in [5.74, 6) is 0.366. The molecule has 1 heterocycles. The molecule has 0 aromatic carbocycles. The fourth-order valence-electron chi connectivity index (χ4n) is 2.43. The first-order chi connectivity index (χ1) is 8.49. The quantitative estimate of drug-likeness (QED) is 0.620. The monoisotopic (exact) mass is 280 g/mol. The molecule has 0 aliphatic carbocycles. The molecule has 0 aromatic rings. The van der Waals surface area contributed by atoms with Crippen molar-refractivity contribution in [3.05, 3.63) is 0 Å². The maximum absolute atomic E-state index is 11.7. The first kappa shape index (κ1) is 15.8. The second-order valence-corrected chi connectivity index (χ2v) is 6.93. The summed E-state index contributed by atoms with van der Waals surface area (Å²) in [7, 11) is 0.303. The molecule has 1 saturated heterocycles. The molecule has 2 N–H and O–H groups in total. The van der Waals surface area contributed by atoms with Crippen LogP contribution in [0.1, 0.15) is 6.42 Å². The predicted octanol–water partition coefficient (Wildman–Crippen LogP) is -0.903. The lowest BCUT2D eigenvalue weighted by molar-refractivity contribution is 0.0495. The van der Waals surface area contributed by atoms with Gasteiger partial charge in [-0.25, -0.2) is 8.42 Å². The van der Waals surface area contributed by atoms with E-state index in [0.717, 1.165) is 0 Å². The maximum atomic E-state index is 11.7. The molecule has 1 unspecified atom stereocenters. The van der Waals surface area contributed by atoms with Gasteiger partial charge in [0.1, 0.15) is 0 Å². The molecule has 1 aliphatic rings. The zero-order valence-corrected chi connectivity index (χ0v) is 12.0. The Bertz CT molecular complexity index is 339. The Labute approximate surface area is 109 Å². The molecule has 1 atom stereocenters. The average molecular weight is 280 g/mol. The molecule has 0 bridgehead atoms. The zero-order chi connectivity index (χ0) is 13.6. The Balaban J connectivity index is 2.79. The Morgan fingerprint density at radius 1 is 1.22 bits per heavy atom. The first-order valence-electron chi connectivity index (χ1n) is 6.13. The van der Waals surface area contributed by atoms with Crippen LogP contribution in [-0.2, 0) is 19.3 Å². The number of nitrogens with two attached hydrogens (primary N) is 1. The van der Waals surface area contributed by atoms with Crippen LogP contribution in [-0.4, -0.2) is 77.4 Å². The molecule has 1 fully saturated rings. The Kier molecular flexibility index (Phi) is 6.00. The third kappa shape index (κ3) is 3.89. The molecule has 0 amide bonds. The van der Waals surface area contributed by atoms with Gasteiger partial charge in [-0.1, -0.05) is 0 Å². The lowest BCUT2D eigenvalue weighted by Crippen LogP contribution is -2.56. The minimum absolute atomic E-state index is 0.143. The number of sulfone groups is 1. The summed E-state index contributed by atoms with van der Waals surface area (Å²) in [5, 5.41) is 0. The van der Waals surface area contributed by atoms with E-state index < -0.39 is 15.4 Å². The summed E-state index contributed by atoms with van der Waals surface area (Å²) in [6.45, 7) is 2.82. The molecule has 108 valence electrons. The molecule has 18 heavy (non-hydrogen) atoms. The molecule has 1 aliphatic heterocycles. The highest BCUT2D eigenvalue weighted by Gasteiger charge is 2.45. The molecule has 6 nitrogen and oxygen atoms in total.